The molecule has 1 aromatic carbocycles. The van der Waals surface area contributed by atoms with E-state index >= 15 is 0 Å². The number of hydrogen-bond acceptors (Lipinski definition) is 6. The number of benzene rings is 1. The van der Waals surface area contributed by atoms with Crippen LogP contribution in [0.25, 0.3) is 0 Å². The molecule has 0 bridgehead atoms. The number of nitrogens with one attached hydrogen (secondary N) is 2. The molecule has 1 heterocycles. The topological polar surface area (TPSA) is 84.5 Å². The van der Waals surface area contributed by atoms with E-state index in [4.69, 9.17) is 0 Å². The molecule has 0 unspecified atom stereocenters. The minimum atomic E-state index is -3.71. The van der Waals surface area contributed by atoms with Crippen molar-refractivity contribution in [3.63, 3.8) is 0 Å². The average molecular weight is 326 g/mol. The first-order valence-electron chi connectivity index (χ1n) is 5.94. The Morgan fingerprint density at radius 1 is 1.19 bits per heavy atom. The fraction of sp³-hybridized carbons (Fsp3) is 0.154. The van der Waals surface area contributed by atoms with Crippen LogP contribution in [0.5, 0.6) is 0 Å². The first-order valence-corrected chi connectivity index (χ1v) is 8.30. The average Bonchev–Trinajstić information content (AvgIpc) is 2.93. The molecule has 0 saturated carbocycles. The van der Waals surface area contributed by atoms with Crippen LogP contribution in [0.15, 0.2) is 40.6 Å². The SMILES string of the molecule is COC(=O)c1sccc1NNS(=O)(=O)c1ccc(C)cc1. The number of anilines is 1. The predicted molar refractivity (Wildman–Crippen MR) is 80.8 cm³/mol. The summed E-state index contributed by atoms with van der Waals surface area (Å²) < 4.78 is 28.8. The van der Waals surface area contributed by atoms with Gasteiger partial charge in [-0.25, -0.2) is 13.2 Å². The van der Waals surface area contributed by atoms with Crippen LogP contribution in [0.3, 0.4) is 0 Å². The van der Waals surface area contributed by atoms with E-state index < -0.39 is 16.0 Å². The number of rotatable bonds is 5. The molecule has 6 nitrogen and oxygen atoms in total. The van der Waals surface area contributed by atoms with Gasteiger partial charge in [-0.1, -0.05) is 17.7 Å². The third-order valence-corrected chi connectivity index (χ3v) is 4.85. The van der Waals surface area contributed by atoms with Crippen molar-refractivity contribution in [3.8, 4) is 0 Å². The van der Waals surface area contributed by atoms with E-state index in [2.05, 4.69) is 15.0 Å². The van der Waals surface area contributed by atoms with Crippen molar-refractivity contribution in [2.75, 3.05) is 12.5 Å². The van der Waals surface area contributed by atoms with Crippen molar-refractivity contribution < 1.29 is 17.9 Å². The van der Waals surface area contributed by atoms with E-state index in [9.17, 15) is 13.2 Å². The summed E-state index contributed by atoms with van der Waals surface area (Å²) in [5, 5.41) is 1.66. The summed E-state index contributed by atoms with van der Waals surface area (Å²) in [4.78, 5) is 14.2. The zero-order valence-corrected chi connectivity index (χ0v) is 13.0. The van der Waals surface area contributed by atoms with Gasteiger partial charge in [0.1, 0.15) is 4.88 Å². The van der Waals surface area contributed by atoms with Crippen molar-refractivity contribution in [1.29, 1.82) is 0 Å². The number of hydrazine groups is 1. The van der Waals surface area contributed by atoms with Crippen LogP contribution in [-0.4, -0.2) is 21.5 Å². The summed E-state index contributed by atoms with van der Waals surface area (Å²) in [6.45, 7) is 1.87. The van der Waals surface area contributed by atoms with Crippen LogP contribution < -0.4 is 10.3 Å². The molecule has 0 saturated heterocycles. The number of carbonyl (C=O) groups excluding carboxylic acids is 1. The third kappa shape index (κ3) is 3.60. The van der Waals surface area contributed by atoms with Gasteiger partial charge in [-0.3, -0.25) is 0 Å². The summed E-state index contributed by atoms with van der Waals surface area (Å²) in [5.74, 6) is -0.526. The molecule has 21 heavy (non-hydrogen) atoms. The highest BCUT2D eigenvalue weighted by atomic mass is 32.2. The second-order valence-electron chi connectivity index (χ2n) is 4.20. The lowest BCUT2D eigenvalue weighted by atomic mass is 10.2. The Morgan fingerprint density at radius 2 is 1.86 bits per heavy atom. The van der Waals surface area contributed by atoms with Crippen LogP contribution >= 0.6 is 11.3 Å². The van der Waals surface area contributed by atoms with Crippen LogP contribution in [0, 0.1) is 6.92 Å². The van der Waals surface area contributed by atoms with E-state index in [1.807, 2.05) is 6.92 Å². The minimum Gasteiger partial charge on any atom is -0.465 e. The highest BCUT2D eigenvalue weighted by molar-refractivity contribution is 7.89. The molecule has 0 aliphatic heterocycles. The van der Waals surface area contributed by atoms with Crippen LogP contribution in [0.4, 0.5) is 5.69 Å². The van der Waals surface area contributed by atoms with Gasteiger partial charge >= 0.3 is 5.97 Å². The van der Waals surface area contributed by atoms with Gasteiger partial charge in [0.05, 0.1) is 17.7 Å². The second kappa shape index (κ2) is 6.25. The monoisotopic (exact) mass is 326 g/mol. The van der Waals surface area contributed by atoms with Gasteiger partial charge in [-0.2, -0.15) is 0 Å². The molecule has 0 aliphatic carbocycles. The van der Waals surface area contributed by atoms with Crippen molar-refractivity contribution >= 4 is 33.0 Å². The Morgan fingerprint density at radius 3 is 2.48 bits per heavy atom. The smallest absolute Gasteiger partial charge is 0.350 e. The van der Waals surface area contributed by atoms with Crippen molar-refractivity contribution in [2.45, 2.75) is 11.8 Å². The van der Waals surface area contributed by atoms with E-state index in [1.165, 1.54) is 19.2 Å². The second-order valence-corrected chi connectivity index (χ2v) is 6.80. The number of ether oxygens (including phenoxy) is 1. The molecule has 112 valence electrons. The molecule has 2 aromatic rings. The van der Waals surface area contributed by atoms with Crippen LogP contribution in [0.1, 0.15) is 15.2 Å². The lowest BCUT2D eigenvalue weighted by molar-refractivity contribution is 0.0607. The van der Waals surface area contributed by atoms with Crippen molar-refractivity contribution in [2.24, 2.45) is 0 Å². The van der Waals surface area contributed by atoms with Gasteiger partial charge in [0.15, 0.2) is 0 Å². The fourth-order valence-corrected chi connectivity index (χ4v) is 3.18. The van der Waals surface area contributed by atoms with Crippen LogP contribution in [-0.2, 0) is 14.8 Å². The Balaban J connectivity index is 2.14. The molecule has 2 N–H and O–H groups in total. The molecule has 1 aromatic heterocycles. The summed E-state index contributed by atoms with van der Waals surface area (Å²) in [6, 6.07) is 8.02. The fourth-order valence-electron chi connectivity index (χ4n) is 1.56. The molecule has 2 rings (SSSR count). The number of esters is 1. The lowest BCUT2D eigenvalue weighted by Gasteiger charge is -2.09. The number of carbonyl (C=O) groups is 1. The maximum absolute atomic E-state index is 12.1. The van der Waals surface area contributed by atoms with E-state index in [0.29, 0.717) is 10.6 Å². The Bertz CT molecular complexity index is 736. The van der Waals surface area contributed by atoms with Gasteiger partial charge in [0.25, 0.3) is 10.0 Å². The van der Waals surface area contributed by atoms with Gasteiger partial charge in [0, 0.05) is 0 Å². The first-order chi connectivity index (χ1) is 9.94. The summed E-state index contributed by atoms with van der Waals surface area (Å²) >= 11 is 1.16. The molecule has 0 radical (unpaired) electrons. The lowest BCUT2D eigenvalue weighted by Crippen LogP contribution is -2.30. The Labute approximate surface area is 126 Å². The highest BCUT2D eigenvalue weighted by Gasteiger charge is 2.17. The van der Waals surface area contributed by atoms with Crippen LogP contribution in [0.2, 0.25) is 0 Å². The number of thiophene rings is 1. The number of methoxy groups -OCH3 is 1. The normalized spacial score (nSPS) is 11.1. The Hall–Kier alpha value is -1.90. The van der Waals surface area contributed by atoms with E-state index in [-0.39, 0.29) is 4.90 Å². The molecular weight excluding hydrogens is 312 g/mol. The van der Waals surface area contributed by atoms with Gasteiger partial charge in [-0.05, 0) is 30.5 Å². The van der Waals surface area contributed by atoms with E-state index in [0.717, 1.165) is 16.9 Å². The Kier molecular flexibility index (Phi) is 4.61. The quantitative estimate of drug-likeness (QED) is 0.649. The predicted octanol–water partition coefficient (Wildman–Crippen LogP) is 2.15. The first kappa shape index (κ1) is 15.5. The maximum atomic E-state index is 12.1. The largest absolute Gasteiger partial charge is 0.465 e. The van der Waals surface area contributed by atoms with Gasteiger partial charge < -0.3 is 10.2 Å². The zero-order chi connectivity index (χ0) is 15.5. The summed E-state index contributed by atoms with van der Waals surface area (Å²) in [7, 11) is -2.44. The molecule has 0 atom stereocenters. The van der Waals surface area contributed by atoms with Crippen molar-refractivity contribution in [3.05, 3.63) is 46.2 Å². The third-order valence-electron chi connectivity index (χ3n) is 2.69. The molecule has 0 fully saturated rings. The molecule has 8 heteroatoms. The number of sulfonamides is 1. The van der Waals surface area contributed by atoms with E-state index in [1.54, 1.807) is 23.6 Å². The number of hydrogen-bond donors (Lipinski definition) is 2. The maximum Gasteiger partial charge on any atom is 0.350 e. The highest BCUT2D eigenvalue weighted by Crippen LogP contribution is 2.22. The summed E-state index contributed by atoms with van der Waals surface area (Å²) in [5.41, 5.74) is 3.85. The molecule has 0 aliphatic rings. The van der Waals surface area contributed by atoms with Gasteiger partial charge in [0.2, 0.25) is 0 Å². The summed E-state index contributed by atoms with van der Waals surface area (Å²) in [6.07, 6.45) is 0. The minimum absolute atomic E-state index is 0.135. The standard InChI is InChI=1S/C13H14N2O4S2/c1-9-3-5-10(6-4-9)21(17,18)15-14-11-7-8-20-12(11)13(16)19-2/h3-8,14-15H,1-2H3. The molecule has 0 spiro atoms. The van der Waals surface area contributed by atoms with Gasteiger partial charge in [-0.15, -0.1) is 16.2 Å². The molecular formula is C13H14N2O4S2. The molecule has 0 amide bonds. The zero-order valence-electron chi connectivity index (χ0n) is 11.4. The number of aryl methyl sites for hydroxylation is 1. The van der Waals surface area contributed by atoms with Crippen molar-refractivity contribution in [1.82, 2.24) is 4.83 Å².